The van der Waals surface area contributed by atoms with Gasteiger partial charge >= 0.3 is 0 Å². The van der Waals surface area contributed by atoms with Crippen LogP contribution >= 0.6 is 0 Å². The van der Waals surface area contributed by atoms with E-state index in [1.165, 1.54) is 18.3 Å². The molecule has 0 aliphatic carbocycles. The third kappa shape index (κ3) is 2.87. The molecule has 0 amide bonds. The van der Waals surface area contributed by atoms with Gasteiger partial charge in [0.15, 0.2) is 0 Å². The Morgan fingerprint density at radius 1 is 1.00 bits per heavy atom. The van der Waals surface area contributed by atoms with Gasteiger partial charge in [0.25, 0.3) is 10.0 Å². The summed E-state index contributed by atoms with van der Waals surface area (Å²) in [5, 5.41) is 3.70. The molecule has 1 aromatic heterocycles. The summed E-state index contributed by atoms with van der Waals surface area (Å²) in [4.78, 5) is 0.168. The van der Waals surface area contributed by atoms with Gasteiger partial charge in [-0.1, -0.05) is 53.2 Å². The second-order valence-corrected chi connectivity index (χ2v) is 6.54. The molecule has 0 bridgehead atoms. The maximum Gasteiger partial charge on any atom is 0.264 e. The van der Waals surface area contributed by atoms with Crippen molar-refractivity contribution in [2.45, 2.75) is 11.8 Å². The van der Waals surface area contributed by atoms with Crippen molar-refractivity contribution in [3.05, 3.63) is 66.4 Å². The van der Waals surface area contributed by atoms with Gasteiger partial charge in [-0.2, -0.15) is 0 Å². The predicted molar refractivity (Wildman–Crippen MR) is 83.9 cm³/mol. The van der Waals surface area contributed by atoms with E-state index in [1.807, 2.05) is 31.2 Å². The van der Waals surface area contributed by atoms with Crippen molar-refractivity contribution in [2.75, 3.05) is 4.72 Å². The molecule has 0 aliphatic heterocycles. The van der Waals surface area contributed by atoms with E-state index in [1.54, 1.807) is 18.2 Å². The summed E-state index contributed by atoms with van der Waals surface area (Å²) in [6, 6.07) is 15.8. The molecule has 22 heavy (non-hydrogen) atoms. The minimum Gasteiger partial charge on any atom is -0.337 e. The van der Waals surface area contributed by atoms with Gasteiger partial charge in [0.2, 0.25) is 5.88 Å². The monoisotopic (exact) mass is 314 g/mol. The molecular weight excluding hydrogens is 300 g/mol. The number of nitrogens with one attached hydrogen (secondary N) is 1. The zero-order chi connectivity index (χ0) is 15.6. The summed E-state index contributed by atoms with van der Waals surface area (Å²) in [7, 11) is -3.71. The highest BCUT2D eigenvalue weighted by atomic mass is 32.2. The highest BCUT2D eigenvalue weighted by molar-refractivity contribution is 7.92. The molecule has 0 aliphatic rings. The normalized spacial score (nSPS) is 11.3. The van der Waals surface area contributed by atoms with E-state index in [2.05, 4.69) is 9.88 Å². The number of hydrogen-bond acceptors (Lipinski definition) is 4. The minimum atomic E-state index is -3.71. The van der Waals surface area contributed by atoms with Crippen LogP contribution in [0.15, 0.2) is 70.2 Å². The van der Waals surface area contributed by atoms with Crippen molar-refractivity contribution in [2.24, 2.45) is 0 Å². The lowest BCUT2D eigenvalue weighted by molar-refractivity contribution is 0.435. The molecule has 0 atom stereocenters. The first kappa shape index (κ1) is 14.3. The third-order valence-electron chi connectivity index (χ3n) is 3.21. The fourth-order valence-corrected chi connectivity index (χ4v) is 3.06. The third-order valence-corrected chi connectivity index (χ3v) is 4.56. The zero-order valence-corrected chi connectivity index (χ0v) is 12.7. The van der Waals surface area contributed by atoms with Crippen LogP contribution in [-0.2, 0) is 10.0 Å². The Kier molecular flexibility index (Phi) is 3.68. The average Bonchev–Trinajstić information content (AvgIpc) is 2.96. The molecule has 3 rings (SSSR count). The number of rotatable bonds is 4. The van der Waals surface area contributed by atoms with Gasteiger partial charge in [-0.15, -0.1) is 0 Å². The number of anilines is 1. The second-order valence-electron chi connectivity index (χ2n) is 4.85. The fraction of sp³-hybridized carbons (Fsp3) is 0.0625. The van der Waals surface area contributed by atoms with Crippen LogP contribution in [0, 0.1) is 6.92 Å². The lowest BCUT2D eigenvalue weighted by Crippen LogP contribution is -2.12. The molecule has 6 heteroatoms. The zero-order valence-electron chi connectivity index (χ0n) is 11.9. The molecular formula is C16H14N2O3S. The maximum absolute atomic E-state index is 12.3. The van der Waals surface area contributed by atoms with Gasteiger partial charge in [-0.3, -0.25) is 0 Å². The van der Waals surface area contributed by atoms with Crippen LogP contribution in [0.5, 0.6) is 0 Å². The Bertz CT molecular complexity index is 869. The highest BCUT2D eigenvalue weighted by Gasteiger charge is 2.19. The highest BCUT2D eigenvalue weighted by Crippen LogP contribution is 2.29. The molecule has 0 fully saturated rings. The van der Waals surface area contributed by atoms with Crippen molar-refractivity contribution in [1.82, 2.24) is 5.16 Å². The Morgan fingerprint density at radius 2 is 1.68 bits per heavy atom. The molecule has 0 spiro atoms. The summed E-state index contributed by atoms with van der Waals surface area (Å²) in [6.45, 7) is 1.98. The first-order chi connectivity index (χ1) is 10.6. The second kappa shape index (κ2) is 5.65. The molecule has 2 aromatic carbocycles. The first-order valence-corrected chi connectivity index (χ1v) is 8.14. The van der Waals surface area contributed by atoms with Gasteiger partial charge in [-0.25, -0.2) is 13.1 Å². The average molecular weight is 314 g/mol. The van der Waals surface area contributed by atoms with Crippen LogP contribution in [0.25, 0.3) is 11.1 Å². The molecule has 112 valence electrons. The topological polar surface area (TPSA) is 72.2 Å². The van der Waals surface area contributed by atoms with Crippen LogP contribution in [0.4, 0.5) is 5.88 Å². The quantitative estimate of drug-likeness (QED) is 0.800. The largest absolute Gasteiger partial charge is 0.337 e. The summed E-state index contributed by atoms with van der Waals surface area (Å²) in [6.07, 6.45) is 1.49. The number of nitrogens with zero attached hydrogens (tertiary/aromatic N) is 1. The van der Waals surface area contributed by atoms with E-state index in [0.29, 0.717) is 5.56 Å². The maximum atomic E-state index is 12.3. The van der Waals surface area contributed by atoms with Gasteiger partial charge in [-0.05, 0) is 24.6 Å². The van der Waals surface area contributed by atoms with Gasteiger partial charge < -0.3 is 4.52 Å². The molecule has 1 heterocycles. The Labute approximate surface area is 128 Å². The molecule has 0 radical (unpaired) electrons. The number of aromatic nitrogens is 1. The number of benzene rings is 2. The Morgan fingerprint density at radius 3 is 2.36 bits per heavy atom. The van der Waals surface area contributed by atoms with E-state index in [-0.39, 0.29) is 10.8 Å². The molecule has 5 nitrogen and oxygen atoms in total. The summed E-state index contributed by atoms with van der Waals surface area (Å²) < 4.78 is 32.2. The Hall–Kier alpha value is -2.60. The van der Waals surface area contributed by atoms with Crippen LogP contribution < -0.4 is 4.72 Å². The van der Waals surface area contributed by atoms with Crippen LogP contribution in [0.2, 0.25) is 0 Å². The fourth-order valence-electron chi connectivity index (χ4n) is 2.03. The van der Waals surface area contributed by atoms with Crippen molar-refractivity contribution in [1.29, 1.82) is 0 Å². The first-order valence-electron chi connectivity index (χ1n) is 6.66. The summed E-state index contributed by atoms with van der Waals surface area (Å²) in [5.74, 6) is 0.104. The van der Waals surface area contributed by atoms with E-state index in [4.69, 9.17) is 4.52 Å². The number of hydrogen-bond donors (Lipinski definition) is 1. The summed E-state index contributed by atoms with van der Waals surface area (Å²) in [5.41, 5.74) is 2.55. The Balaban J connectivity index is 1.95. The van der Waals surface area contributed by atoms with E-state index in [9.17, 15) is 8.42 Å². The lowest BCUT2D eigenvalue weighted by Gasteiger charge is -2.07. The molecule has 0 saturated heterocycles. The van der Waals surface area contributed by atoms with E-state index < -0.39 is 10.0 Å². The number of aryl methyl sites for hydroxylation is 1. The molecule has 3 aromatic rings. The van der Waals surface area contributed by atoms with Gasteiger partial charge in [0, 0.05) is 0 Å². The van der Waals surface area contributed by atoms with Crippen molar-refractivity contribution in [3.8, 4) is 11.1 Å². The van der Waals surface area contributed by atoms with Crippen molar-refractivity contribution >= 4 is 15.9 Å². The summed E-state index contributed by atoms with van der Waals surface area (Å²) >= 11 is 0. The van der Waals surface area contributed by atoms with Gasteiger partial charge in [0.05, 0.1) is 16.7 Å². The smallest absolute Gasteiger partial charge is 0.264 e. The molecule has 0 unspecified atom stereocenters. The van der Waals surface area contributed by atoms with Crippen molar-refractivity contribution in [3.63, 3.8) is 0 Å². The molecule has 1 N–H and O–H groups in total. The van der Waals surface area contributed by atoms with E-state index in [0.717, 1.165) is 11.1 Å². The van der Waals surface area contributed by atoms with Gasteiger partial charge in [0.1, 0.15) is 0 Å². The number of sulfonamides is 1. The van der Waals surface area contributed by atoms with Crippen molar-refractivity contribution < 1.29 is 12.9 Å². The van der Waals surface area contributed by atoms with Crippen LogP contribution in [0.1, 0.15) is 5.56 Å². The standard InChI is InChI=1S/C16H14N2O3S/c1-12-7-9-13(10-8-12)15-11-17-21-16(15)18-22(19,20)14-5-3-2-4-6-14/h2-11,18H,1H3. The minimum absolute atomic E-state index is 0.104. The molecule has 0 saturated carbocycles. The van der Waals surface area contributed by atoms with Crippen LogP contribution in [0.3, 0.4) is 0 Å². The predicted octanol–water partition coefficient (Wildman–Crippen LogP) is 3.45. The SMILES string of the molecule is Cc1ccc(-c2cnoc2NS(=O)(=O)c2ccccc2)cc1. The lowest BCUT2D eigenvalue weighted by atomic mass is 10.1. The van der Waals surface area contributed by atoms with Crippen LogP contribution in [-0.4, -0.2) is 13.6 Å². The van der Waals surface area contributed by atoms with E-state index >= 15 is 0 Å².